The van der Waals surface area contributed by atoms with Gasteiger partial charge in [0.05, 0.1) is 0 Å². The Kier molecular flexibility index (Phi) is 29.9. The number of nitrogens with one attached hydrogen (secondary N) is 1. The summed E-state index contributed by atoms with van der Waals surface area (Å²) in [6.45, 7) is 10.6. The van der Waals surface area contributed by atoms with E-state index in [4.69, 9.17) is 0 Å². The minimum Gasteiger partial charge on any atom is -0.477 e. The van der Waals surface area contributed by atoms with Crippen LogP contribution >= 0.6 is 24.8 Å². The molecule has 1 aromatic carbocycles. The zero-order chi connectivity index (χ0) is 15.9. The molecule has 1 nitrogen and oxygen atoms in total. The Morgan fingerprint density at radius 3 is 2.00 bits per heavy atom. The van der Waals surface area contributed by atoms with Crippen LogP contribution in [0.5, 0.6) is 0 Å². The zero-order valence-corrected chi connectivity index (χ0v) is 19.3. The van der Waals surface area contributed by atoms with Crippen LogP contribution in [0.3, 0.4) is 0 Å². The number of allylic oxidation sites excluding steroid dienone is 4. The van der Waals surface area contributed by atoms with Gasteiger partial charge in [-0.15, -0.1) is 55.1 Å². The van der Waals surface area contributed by atoms with E-state index in [-0.39, 0.29) is 46.5 Å². The number of aromatic nitrogens is 1. The molecule has 0 bridgehead atoms. The number of halogens is 2. The Bertz CT molecular complexity index is 482. The van der Waals surface area contributed by atoms with Crippen LogP contribution in [0.2, 0.25) is 13.1 Å². The molecule has 0 aliphatic heterocycles. The molecule has 1 heterocycles. The quantitative estimate of drug-likeness (QED) is 0.371. The average molecular weight is 417 g/mol. The molecule has 2 aromatic rings. The number of hydrogen-bond acceptors (Lipinski definition) is 0. The van der Waals surface area contributed by atoms with E-state index in [0.29, 0.717) is 0 Å². The predicted molar refractivity (Wildman–Crippen MR) is 111 cm³/mol. The van der Waals surface area contributed by atoms with Crippen LogP contribution in [0, 0.1) is 18.2 Å². The molecule has 1 aromatic heterocycles. The smallest absolute Gasteiger partial charge is 0.477 e. The van der Waals surface area contributed by atoms with E-state index in [9.17, 15) is 0 Å². The monoisotopic (exact) mass is 416 g/mol. The molecule has 1 N–H and O–H groups in total. The Balaban J connectivity index is -0.000000118. The van der Waals surface area contributed by atoms with Gasteiger partial charge in [0, 0.05) is 9.52 Å². The van der Waals surface area contributed by atoms with E-state index in [0.717, 1.165) is 21.5 Å². The van der Waals surface area contributed by atoms with Gasteiger partial charge >= 0.3 is 21.7 Å². The SMILES string of the molecule is C[C-](C)C.C[Si]C.Cl.Cl.[C-]1=CC=CC1.[Ti+3].[c-]1cc2ccccc2[nH]1. The largest absolute Gasteiger partial charge is 3.00 e. The zero-order valence-electron chi connectivity index (χ0n) is 15.1. The fourth-order valence-corrected chi connectivity index (χ4v) is 1.27. The van der Waals surface area contributed by atoms with Crippen molar-refractivity contribution >= 4 is 45.2 Å². The molecule has 131 valence electrons. The van der Waals surface area contributed by atoms with Crippen LogP contribution in [-0.2, 0) is 21.7 Å². The summed E-state index contributed by atoms with van der Waals surface area (Å²) in [5.41, 5.74) is 1.15. The second-order valence-corrected chi connectivity index (χ2v) is 6.00. The van der Waals surface area contributed by atoms with Gasteiger partial charge in [0.25, 0.3) is 0 Å². The summed E-state index contributed by atoms with van der Waals surface area (Å²) in [5.74, 6) is 1.42. The van der Waals surface area contributed by atoms with Crippen molar-refractivity contribution in [3.63, 3.8) is 0 Å². The van der Waals surface area contributed by atoms with E-state index in [1.165, 1.54) is 11.3 Å². The number of para-hydroxylation sites is 1. The van der Waals surface area contributed by atoms with Gasteiger partial charge in [0.15, 0.2) is 0 Å². The van der Waals surface area contributed by atoms with Gasteiger partial charge in [0.2, 0.25) is 0 Å². The standard InChI is InChI=1S/C8H6N.C5H5.C4H9.C2H6Si.2ClH.Ti/c1-2-4-8-7(3-1)5-6-9-8;1-2-4-5-3-1;1-4(2)3;1-3-2;;;/h1-5,9H;1-3H,4H2;1-3H3;1-2H3;2*1H;/q3*-1;;;;+3. The van der Waals surface area contributed by atoms with Gasteiger partial charge in [0.1, 0.15) is 0 Å². The fourth-order valence-electron chi connectivity index (χ4n) is 1.27. The molecule has 0 saturated heterocycles. The number of benzene rings is 1. The summed E-state index contributed by atoms with van der Waals surface area (Å²) in [5, 5.41) is 1.22. The van der Waals surface area contributed by atoms with Crippen LogP contribution < -0.4 is 0 Å². The number of hydrogen-bond donors (Lipinski definition) is 1. The van der Waals surface area contributed by atoms with E-state index in [1.54, 1.807) is 0 Å². The molecule has 1 aliphatic carbocycles. The van der Waals surface area contributed by atoms with Crippen LogP contribution in [0.25, 0.3) is 10.9 Å². The van der Waals surface area contributed by atoms with Crippen LogP contribution in [-0.4, -0.2) is 14.5 Å². The summed E-state index contributed by atoms with van der Waals surface area (Å²) < 4.78 is 0. The molecule has 0 atom stereocenters. The number of fused-ring (bicyclic) bond motifs is 1. The summed E-state index contributed by atoms with van der Waals surface area (Å²) in [7, 11) is 1.08. The molecular formula is C19H28Cl2NSiTi. The fraction of sp³-hybridized carbons (Fsp3) is 0.316. The topological polar surface area (TPSA) is 15.8 Å². The third-order valence-corrected chi connectivity index (χ3v) is 1.98. The van der Waals surface area contributed by atoms with Crippen molar-refractivity contribution in [1.29, 1.82) is 0 Å². The Labute approximate surface area is 178 Å². The summed E-state index contributed by atoms with van der Waals surface area (Å²) in [4.78, 5) is 2.99. The first-order valence-corrected chi connectivity index (χ1v) is 9.12. The first-order chi connectivity index (χ1) is 10.1. The molecule has 1 aliphatic rings. The first-order valence-electron chi connectivity index (χ1n) is 7.12. The molecule has 0 unspecified atom stereocenters. The van der Waals surface area contributed by atoms with E-state index < -0.39 is 0 Å². The van der Waals surface area contributed by atoms with Crippen molar-refractivity contribution in [1.82, 2.24) is 4.98 Å². The van der Waals surface area contributed by atoms with E-state index in [2.05, 4.69) is 63.3 Å². The molecule has 0 spiro atoms. The Morgan fingerprint density at radius 2 is 1.62 bits per heavy atom. The van der Waals surface area contributed by atoms with Crippen molar-refractivity contribution in [3.05, 3.63) is 66.8 Å². The molecule has 0 fully saturated rings. The summed E-state index contributed by atoms with van der Waals surface area (Å²) in [6, 6.07) is 10.1. The maximum atomic E-state index is 2.99. The van der Waals surface area contributed by atoms with Crippen molar-refractivity contribution in [2.24, 2.45) is 0 Å². The van der Waals surface area contributed by atoms with Crippen molar-refractivity contribution in [3.8, 4) is 0 Å². The number of rotatable bonds is 0. The van der Waals surface area contributed by atoms with Crippen molar-refractivity contribution < 1.29 is 21.7 Å². The van der Waals surface area contributed by atoms with Gasteiger partial charge in [-0.25, -0.2) is 12.2 Å². The van der Waals surface area contributed by atoms with Crippen molar-refractivity contribution in [2.75, 3.05) is 0 Å². The van der Waals surface area contributed by atoms with Gasteiger partial charge in [-0.2, -0.15) is 38.3 Å². The Hall–Kier alpha value is -0.249. The van der Waals surface area contributed by atoms with Gasteiger partial charge in [-0.05, 0) is 0 Å². The van der Waals surface area contributed by atoms with Crippen molar-refractivity contribution in [2.45, 2.75) is 40.3 Å². The maximum absolute atomic E-state index is 2.99. The summed E-state index contributed by atoms with van der Waals surface area (Å²) >= 11 is 0. The normalized spacial score (nSPS) is 9.75. The van der Waals surface area contributed by atoms with Gasteiger partial charge in [-0.3, -0.25) is 6.08 Å². The van der Waals surface area contributed by atoms with Gasteiger partial charge < -0.3 is 10.9 Å². The second-order valence-electron chi connectivity index (χ2n) is 5.00. The third kappa shape index (κ3) is 19.8. The number of H-pyrrole nitrogens is 1. The minimum absolute atomic E-state index is 0. The maximum Gasteiger partial charge on any atom is 3.00 e. The number of aromatic amines is 1. The summed E-state index contributed by atoms with van der Waals surface area (Å²) in [6.07, 6.45) is 12.9. The van der Waals surface area contributed by atoms with Gasteiger partial charge in [-0.1, -0.05) is 25.2 Å². The molecule has 24 heavy (non-hydrogen) atoms. The molecule has 3 radical (unpaired) electrons. The minimum atomic E-state index is 0. The third-order valence-electron chi connectivity index (χ3n) is 1.98. The first kappa shape index (κ1) is 31.5. The molecule has 3 rings (SSSR count). The van der Waals surface area contributed by atoms with Crippen LogP contribution in [0.4, 0.5) is 0 Å². The van der Waals surface area contributed by atoms with E-state index >= 15 is 0 Å². The predicted octanol–water partition coefficient (Wildman–Crippen LogP) is 6.52. The molecule has 0 saturated carbocycles. The van der Waals surface area contributed by atoms with E-state index in [1.807, 2.05) is 36.4 Å². The van der Waals surface area contributed by atoms with Crippen LogP contribution in [0.1, 0.15) is 27.2 Å². The Morgan fingerprint density at radius 1 is 1.08 bits per heavy atom. The average Bonchev–Trinajstić information content (AvgIpc) is 3.14. The molecule has 5 heteroatoms. The molecular weight excluding hydrogens is 389 g/mol. The molecule has 0 amide bonds. The second kappa shape index (κ2) is 22.8. The van der Waals surface area contributed by atoms with Crippen LogP contribution in [0.15, 0.2) is 48.6 Å².